The van der Waals surface area contributed by atoms with Crippen molar-refractivity contribution >= 4 is 24.1 Å². The molecular weight excluding hydrogens is 248 g/mol. The molecule has 1 aromatic carbocycles. The Kier molecular flexibility index (Phi) is 4.03. The number of rotatable bonds is 2. The fraction of sp³-hybridized carbons (Fsp3) is 0.300. The van der Waals surface area contributed by atoms with Crippen molar-refractivity contribution in [2.24, 2.45) is 0 Å². The highest BCUT2D eigenvalue weighted by Crippen LogP contribution is 2.22. The summed E-state index contributed by atoms with van der Waals surface area (Å²) in [6, 6.07) is 3.92. The van der Waals surface area contributed by atoms with Crippen LogP contribution in [0.25, 0.3) is 0 Å². The van der Waals surface area contributed by atoms with Gasteiger partial charge in [-0.2, -0.15) is 0 Å². The van der Waals surface area contributed by atoms with E-state index >= 15 is 0 Å². The van der Waals surface area contributed by atoms with Crippen molar-refractivity contribution in [2.75, 3.05) is 0 Å². The molecule has 1 atom stereocenters. The largest absolute Gasteiger partial charge is 0.480 e. The van der Waals surface area contributed by atoms with Crippen LogP contribution in [-0.4, -0.2) is 22.0 Å². The first kappa shape index (κ1) is 13.4. The first-order chi connectivity index (χ1) is 7.58. The number of halogens is 1. The average Bonchev–Trinajstić information content (AvgIpc) is 2.27. The van der Waals surface area contributed by atoms with E-state index in [1.165, 1.54) is 12.1 Å². The van der Waals surface area contributed by atoms with Gasteiger partial charge in [0.25, 0.3) is 5.69 Å². The lowest BCUT2D eigenvalue weighted by molar-refractivity contribution is -0.384. The molecule has 0 saturated carbocycles. The van der Waals surface area contributed by atoms with Crippen LogP contribution >= 0.6 is 12.4 Å². The molecule has 1 heterocycles. The minimum Gasteiger partial charge on any atom is -0.480 e. The lowest BCUT2D eigenvalue weighted by Crippen LogP contribution is -2.41. The first-order valence-corrected chi connectivity index (χ1v) is 4.80. The molecule has 0 bridgehead atoms. The summed E-state index contributed by atoms with van der Waals surface area (Å²) < 4.78 is 0. The minimum absolute atomic E-state index is 0. The molecule has 0 fully saturated rings. The number of carbonyl (C=O) groups is 1. The van der Waals surface area contributed by atoms with Crippen molar-refractivity contribution < 1.29 is 14.8 Å². The molecule has 0 saturated heterocycles. The Morgan fingerprint density at radius 2 is 2.18 bits per heavy atom. The molecule has 2 rings (SSSR count). The molecule has 7 heteroatoms. The molecule has 0 radical (unpaired) electrons. The van der Waals surface area contributed by atoms with Gasteiger partial charge >= 0.3 is 5.97 Å². The highest BCUT2D eigenvalue weighted by atomic mass is 35.5. The van der Waals surface area contributed by atoms with Crippen molar-refractivity contribution in [1.82, 2.24) is 5.32 Å². The van der Waals surface area contributed by atoms with E-state index in [1.54, 1.807) is 6.07 Å². The van der Waals surface area contributed by atoms with E-state index in [0.29, 0.717) is 13.0 Å². The maximum Gasteiger partial charge on any atom is 0.321 e. The van der Waals surface area contributed by atoms with Crippen LogP contribution in [-0.2, 0) is 17.8 Å². The topological polar surface area (TPSA) is 92.5 Å². The van der Waals surface area contributed by atoms with Crippen molar-refractivity contribution in [2.45, 2.75) is 19.0 Å². The molecule has 92 valence electrons. The van der Waals surface area contributed by atoms with Crippen molar-refractivity contribution in [3.63, 3.8) is 0 Å². The van der Waals surface area contributed by atoms with Crippen LogP contribution in [0.1, 0.15) is 11.1 Å². The molecule has 0 aliphatic carbocycles. The van der Waals surface area contributed by atoms with Gasteiger partial charge in [0.2, 0.25) is 0 Å². The molecule has 0 unspecified atom stereocenters. The predicted octanol–water partition coefficient (Wildman–Crippen LogP) is 1.12. The summed E-state index contributed by atoms with van der Waals surface area (Å²) in [5.41, 5.74) is 1.69. The lowest BCUT2D eigenvalue weighted by Gasteiger charge is -2.22. The summed E-state index contributed by atoms with van der Waals surface area (Å²) in [5, 5.41) is 22.2. The summed E-state index contributed by atoms with van der Waals surface area (Å²) >= 11 is 0. The maximum atomic E-state index is 10.8. The zero-order chi connectivity index (χ0) is 11.7. The third kappa shape index (κ3) is 2.72. The van der Waals surface area contributed by atoms with Gasteiger partial charge in [0.05, 0.1) is 4.92 Å². The number of carboxylic acids is 1. The van der Waals surface area contributed by atoms with E-state index in [9.17, 15) is 14.9 Å². The monoisotopic (exact) mass is 258 g/mol. The van der Waals surface area contributed by atoms with E-state index < -0.39 is 16.9 Å². The highest BCUT2D eigenvalue weighted by Gasteiger charge is 2.24. The fourth-order valence-corrected chi connectivity index (χ4v) is 1.79. The van der Waals surface area contributed by atoms with E-state index in [1.807, 2.05) is 0 Å². The van der Waals surface area contributed by atoms with Crippen molar-refractivity contribution in [3.8, 4) is 0 Å². The van der Waals surface area contributed by atoms with Gasteiger partial charge < -0.3 is 10.4 Å². The van der Waals surface area contributed by atoms with E-state index in [4.69, 9.17) is 5.11 Å². The Morgan fingerprint density at radius 1 is 1.47 bits per heavy atom. The third-order valence-corrected chi connectivity index (χ3v) is 2.66. The second-order valence-electron chi connectivity index (χ2n) is 3.69. The molecule has 1 aromatic rings. The lowest BCUT2D eigenvalue weighted by atomic mass is 9.95. The van der Waals surface area contributed by atoms with Gasteiger partial charge in [-0.1, -0.05) is 6.07 Å². The standard InChI is InChI=1S/C10H10N2O4.ClH/c13-10(14)9-4-6-1-2-8(12(15)16)3-7(6)5-11-9;/h1-3,9,11H,4-5H2,(H,13,14);1H/t9-;/m1./s1. The summed E-state index contributed by atoms with van der Waals surface area (Å²) in [5.74, 6) is -0.899. The smallest absolute Gasteiger partial charge is 0.321 e. The van der Waals surface area contributed by atoms with Crippen molar-refractivity contribution in [3.05, 3.63) is 39.4 Å². The number of fused-ring (bicyclic) bond motifs is 1. The number of aliphatic carboxylic acids is 1. The molecule has 0 spiro atoms. The zero-order valence-electron chi connectivity index (χ0n) is 8.75. The van der Waals surface area contributed by atoms with Crippen LogP contribution < -0.4 is 5.32 Å². The summed E-state index contributed by atoms with van der Waals surface area (Å²) in [6.45, 7) is 0.355. The highest BCUT2D eigenvalue weighted by molar-refractivity contribution is 5.85. The van der Waals surface area contributed by atoms with E-state index in [0.717, 1.165) is 11.1 Å². The molecule has 0 aromatic heterocycles. The normalized spacial score (nSPS) is 17.8. The molecule has 0 amide bonds. The molecule has 1 aliphatic rings. The van der Waals surface area contributed by atoms with Crippen LogP contribution in [0.15, 0.2) is 18.2 Å². The Bertz CT molecular complexity index is 464. The summed E-state index contributed by atoms with van der Waals surface area (Å²) in [7, 11) is 0. The van der Waals surface area contributed by atoms with Gasteiger partial charge in [-0.25, -0.2) is 0 Å². The number of nitrogens with one attached hydrogen (secondary N) is 1. The molecule has 1 aliphatic heterocycles. The van der Waals surface area contributed by atoms with Gasteiger partial charge in [-0.3, -0.25) is 14.9 Å². The van der Waals surface area contributed by atoms with Crippen LogP contribution in [0.2, 0.25) is 0 Å². The Balaban J connectivity index is 0.00000144. The number of carboxylic acid groups (broad SMARTS) is 1. The van der Waals surface area contributed by atoms with Crippen LogP contribution in [0.4, 0.5) is 5.69 Å². The first-order valence-electron chi connectivity index (χ1n) is 4.80. The molecule has 6 nitrogen and oxygen atoms in total. The second-order valence-corrected chi connectivity index (χ2v) is 3.69. The number of non-ortho nitro benzene ring substituents is 1. The van der Waals surface area contributed by atoms with Crippen molar-refractivity contribution in [1.29, 1.82) is 0 Å². The van der Waals surface area contributed by atoms with Gasteiger partial charge in [0, 0.05) is 18.7 Å². The van der Waals surface area contributed by atoms with E-state index in [2.05, 4.69) is 5.32 Å². The van der Waals surface area contributed by atoms with Gasteiger partial charge in [-0.05, 0) is 17.5 Å². The van der Waals surface area contributed by atoms with Crippen LogP contribution in [0.5, 0.6) is 0 Å². The zero-order valence-corrected chi connectivity index (χ0v) is 9.57. The maximum absolute atomic E-state index is 10.8. The predicted molar refractivity (Wildman–Crippen MR) is 62.3 cm³/mol. The molecule has 17 heavy (non-hydrogen) atoms. The third-order valence-electron chi connectivity index (χ3n) is 2.66. The average molecular weight is 259 g/mol. The SMILES string of the molecule is Cl.O=C(O)[C@H]1Cc2ccc([N+](=O)[O-])cc2CN1. The quantitative estimate of drug-likeness (QED) is 0.612. The Labute approximate surface area is 103 Å². The van der Waals surface area contributed by atoms with Crippen LogP contribution in [0.3, 0.4) is 0 Å². The fourth-order valence-electron chi connectivity index (χ4n) is 1.79. The van der Waals surface area contributed by atoms with Gasteiger partial charge in [0.15, 0.2) is 0 Å². The summed E-state index contributed by atoms with van der Waals surface area (Å²) in [4.78, 5) is 20.9. The Hall–Kier alpha value is -1.66. The van der Waals surface area contributed by atoms with Gasteiger partial charge in [0.1, 0.15) is 6.04 Å². The number of hydrogen-bond acceptors (Lipinski definition) is 4. The van der Waals surface area contributed by atoms with Crippen LogP contribution in [0, 0.1) is 10.1 Å². The molecular formula is C10H11ClN2O4. The number of nitrogens with zero attached hydrogens (tertiary/aromatic N) is 1. The number of hydrogen-bond donors (Lipinski definition) is 2. The second kappa shape index (κ2) is 5.11. The number of nitro benzene ring substituents is 1. The summed E-state index contributed by atoms with van der Waals surface area (Å²) in [6.07, 6.45) is 0.364. The molecule has 2 N–H and O–H groups in total. The van der Waals surface area contributed by atoms with Gasteiger partial charge in [-0.15, -0.1) is 12.4 Å². The minimum atomic E-state index is -0.899. The number of nitro groups is 1. The Morgan fingerprint density at radius 3 is 2.76 bits per heavy atom. The number of benzene rings is 1. The van der Waals surface area contributed by atoms with E-state index in [-0.39, 0.29) is 18.1 Å².